The summed E-state index contributed by atoms with van der Waals surface area (Å²) in [6.45, 7) is 6.08. The monoisotopic (exact) mass is 371 g/mol. The van der Waals surface area contributed by atoms with Crippen molar-refractivity contribution in [2.75, 3.05) is 32.8 Å². The lowest BCUT2D eigenvalue weighted by atomic mass is 9.87. The fourth-order valence-electron chi connectivity index (χ4n) is 3.53. The van der Waals surface area contributed by atoms with E-state index < -0.39 is 6.36 Å². The molecule has 0 aliphatic carbocycles. The summed E-state index contributed by atoms with van der Waals surface area (Å²) in [7, 11) is 0. The Morgan fingerprint density at radius 3 is 2.85 bits per heavy atom. The highest BCUT2D eigenvalue weighted by Crippen LogP contribution is 2.38. The van der Waals surface area contributed by atoms with Crippen molar-refractivity contribution in [1.29, 1.82) is 0 Å². The molecule has 1 spiro atoms. The van der Waals surface area contributed by atoms with Gasteiger partial charge in [-0.3, -0.25) is 0 Å². The van der Waals surface area contributed by atoms with E-state index in [1.165, 1.54) is 12.1 Å². The lowest BCUT2D eigenvalue weighted by molar-refractivity contribution is -0.274. The van der Waals surface area contributed by atoms with Gasteiger partial charge in [0, 0.05) is 37.2 Å². The molecule has 1 aromatic rings. The molecule has 2 saturated heterocycles. The maximum Gasteiger partial charge on any atom is 0.573 e. The highest BCUT2D eigenvalue weighted by atomic mass is 19.4. The van der Waals surface area contributed by atoms with Crippen LogP contribution in [0.1, 0.15) is 25.3 Å². The molecule has 0 aromatic heterocycles. The van der Waals surface area contributed by atoms with Gasteiger partial charge < -0.3 is 19.7 Å². The van der Waals surface area contributed by atoms with Crippen molar-refractivity contribution in [3.05, 3.63) is 29.8 Å². The van der Waals surface area contributed by atoms with E-state index in [1.54, 1.807) is 12.1 Å². The number of nitrogens with zero attached hydrogens (tertiary/aromatic N) is 2. The third-order valence-electron chi connectivity index (χ3n) is 4.86. The number of likely N-dealkylation sites (tertiary alicyclic amines) is 1. The van der Waals surface area contributed by atoms with E-state index in [2.05, 4.69) is 19.9 Å². The first-order valence-corrected chi connectivity index (χ1v) is 8.85. The van der Waals surface area contributed by atoms with Crippen molar-refractivity contribution in [3.8, 4) is 5.75 Å². The average Bonchev–Trinajstić information content (AvgIpc) is 3.22. The molecule has 2 aliphatic rings. The molecule has 0 radical (unpaired) electrons. The van der Waals surface area contributed by atoms with Gasteiger partial charge in [0.1, 0.15) is 5.75 Å². The quantitative estimate of drug-likeness (QED) is 0.652. The molecule has 5 nitrogen and oxygen atoms in total. The summed E-state index contributed by atoms with van der Waals surface area (Å²) in [5, 5.41) is 3.24. The van der Waals surface area contributed by atoms with Crippen LogP contribution in [0.4, 0.5) is 13.2 Å². The zero-order chi connectivity index (χ0) is 18.6. The summed E-state index contributed by atoms with van der Waals surface area (Å²) in [4.78, 5) is 6.73. The molecule has 0 bridgehead atoms. The van der Waals surface area contributed by atoms with Crippen molar-refractivity contribution >= 4 is 5.96 Å². The largest absolute Gasteiger partial charge is 0.573 e. The van der Waals surface area contributed by atoms with Gasteiger partial charge in [-0.2, -0.15) is 0 Å². The van der Waals surface area contributed by atoms with Gasteiger partial charge in [-0.15, -0.1) is 13.2 Å². The number of guanidine groups is 1. The van der Waals surface area contributed by atoms with Gasteiger partial charge in [0.05, 0.1) is 13.2 Å². The molecule has 0 saturated carbocycles. The number of hydrogen-bond acceptors (Lipinski definition) is 3. The Balaban J connectivity index is 1.72. The van der Waals surface area contributed by atoms with Gasteiger partial charge in [-0.25, -0.2) is 4.99 Å². The van der Waals surface area contributed by atoms with Gasteiger partial charge in [0.25, 0.3) is 0 Å². The molecule has 0 amide bonds. The van der Waals surface area contributed by atoms with Crippen LogP contribution >= 0.6 is 0 Å². The van der Waals surface area contributed by atoms with E-state index in [0.717, 1.165) is 45.1 Å². The summed E-state index contributed by atoms with van der Waals surface area (Å²) >= 11 is 0. The molecule has 1 unspecified atom stereocenters. The maximum absolute atomic E-state index is 12.6. The Bertz CT molecular complexity index is 643. The zero-order valence-electron chi connectivity index (χ0n) is 14.8. The molecule has 2 fully saturated rings. The normalized spacial score (nSPS) is 23.7. The van der Waals surface area contributed by atoms with Gasteiger partial charge in [0.2, 0.25) is 0 Å². The fraction of sp³-hybridized carbons (Fsp3) is 0.611. The third kappa shape index (κ3) is 4.60. The molecule has 144 valence electrons. The summed E-state index contributed by atoms with van der Waals surface area (Å²) in [6, 6.07) is 6.11. The molecule has 2 aliphatic heterocycles. The van der Waals surface area contributed by atoms with Crippen LogP contribution < -0.4 is 10.1 Å². The second-order valence-corrected chi connectivity index (χ2v) is 6.80. The Labute approximate surface area is 151 Å². The van der Waals surface area contributed by atoms with Crippen LogP contribution in [0.3, 0.4) is 0 Å². The molecule has 2 heterocycles. The lowest BCUT2D eigenvalue weighted by Gasteiger charge is -2.25. The number of aliphatic imine (C=N–C) groups is 1. The molecule has 1 atom stereocenters. The molecule has 1 N–H and O–H groups in total. The molecular weight excluding hydrogens is 347 g/mol. The Morgan fingerprint density at radius 2 is 2.15 bits per heavy atom. The van der Waals surface area contributed by atoms with E-state index in [4.69, 9.17) is 4.74 Å². The van der Waals surface area contributed by atoms with Gasteiger partial charge in [0.15, 0.2) is 5.96 Å². The smallest absolute Gasteiger partial charge is 0.405 e. The number of benzene rings is 1. The zero-order valence-corrected chi connectivity index (χ0v) is 14.8. The number of alkyl halides is 3. The minimum Gasteiger partial charge on any atom is -0.405 e. The molecule has 26 heavy (non-hydrogen) atoms. The SMILES string of the molecule is CCNC(=NCc1ccccc1OC(F)(F)F)N1CCC2(CCOC2)C1. The number of halogens is 3. The molecule has 3 rings (SSSR count). The van der Waals surface area contributed by atoms with Gasteiger partial charge >= 0.3 is 6.36 Å². The maximum atomic E-state index is 12.6. The number of nitrogens with one attached hydrogen (secondary N) is 1. The van der Waals surface area contributed by atoms with Gasteiger partial charge in [-0.05, 0) is 25.8 Å². The van der Waals surface area contributed by atoms with Gasteiger partial charge in [-0.1, -0.05) is 18.2 Å². The van der Waals surface area contributed by atoms with Crippen LogP contribution in [0, 0.1) is 5.41 Å². The fourth-order valence-corrected chi connectivity index (χ4v) is 3.53. The average molecular weight is 371 g/mol. The van der Waals surface area contributed by atoms with Crippen molar-refractivity contribution in [1.82, 2.24) is 10.2 Å². The van der Waals surface area contributed by atoms with Crippen LogP contribution in [0.15, 0.2) is 29.3 Å². The Hall–Kier alpha value is -1.96. The van der Waals surface area contributed by atoms with Crippen molar-refractivity contribution in [3.63, 3.8) is 0 Å². The first-order valence-electron chi connectivity index (χ1n) is 8.85. The highest BCUT2D eigenvalue weighted by molar-refractivity contribution is 5.80. The summed E-state index contributed by atoms with van der Waals surface area (Å²) in [6.07, 6.45) is -2.62. The number of rotatable bonds is 4. The van der Waals surface area contributed by atoms with E-state index in [1.807, 2.05) is 6.92 Å². The van der Waals surface area contributed by atoms with Crippen LogP contribution in [0.2, 0.25) is 0 Å². The minimum atomic E-state index is -4.71. The lowest BCUT2D eigenvalue weighted by Crippen LogP contribution is -2.41. The topological polar surface area (TPSA) is 46.1 Å². The molecular formula is C18H24F3N3O2. The summed E-state index contributed by atoms with van der Waals surface area (Å²) < 4.78 is 47.4. The summed E-state index contributed by atoms with van der Waals surface area (Å²) in [5.41, 5.74) is 0.589. The van der Waals surface area contributed by atoms with Crippen LogP contribution in [0.5, 0.6) is 5.75 Å². The second-order valence-electron chi connectivity index (χ2n) is 6.80. The van der Waals surface area contributed by atoms with E-state index >= 15 is 0 Å². The van der Waals surface area contributed by atoms with E-state index in [9.17, 15) is 13.2 Å². The Kier molecular flexibility index (Phi) is 5.60. The van der Waals surface area contributed by atoms with E-state index in [-0.39, 0.29) is 17.7 Å². The van der Waals surface area contributed by atoms with Crippen molar-refractivity contribution < 1.29 is 22.6 Å². The van der Waals surface area contributed by atoms with Crippen molar-refractivity contribution in [2.45, 2.75) is 32.7 Å². The molecule has 8 heteroatoms. The highest BCUT2D eigenvalue weighted by Gasteiger charge is 2.42. The third-order valence-corrected chi connectivity index (χ3v) is 4.86. The molecule has 1 aromatic carbocycles. The predicted molar refractivity (Wildman–Crippen MR) is 92.0 cm³/mol. The summed E-state index contributed by atoms with van der Waals surface area (Å²) in [5.74, 6) is 0.514. The second kappa shape index (κ2) is 7.73. The Morgan fingerprint density at radius 1 is 1.35 bits per heavy atom. The van der Waals surface area contributed by atoms with Crippen LogP contribution in [-0.4, -0.2) is 50.1 Å². The van der Waals surface area contributed by atoms with Crippen LogP contribution in [0.25, 0.3) is 0 Å². The number of ether oxygens (including phenoxy) is 2. The first kappa shape index (κ1) is 18.8. The van der Waals surface area contributed by atoms with Crippen LogP contribution in [-0.2, 0) is 11.3 Å². The van der Waals surface area contributed by atoms with E-state index in [0.29, 0.717) is 12.1 Å². The first-order chi connectivity index (χ1) is 12.4. The number of hydrogen-bond donors (Lipinski definition) is 1. The standard InChI is InChI=1S/C18H24F3N3O2/c1-2-22-16(24-9-7-17(12-24)8-10-25-13-17)23-11-14-5-3-4-6-15(14)26-18(19,20)21/h3-6H,2,7-13H2,1H3,(H,22,23). The number of para-hydroxylation sites is 1. The van der Waals surface area contributed by atoms with Crippen molar-refractivity contribution in [2.24, 2.45) is 10.4 Å². The predicted octanol–water partition coefficient (Wildman–Crippen LogP) is 3.16. The minimum absolute atomic E-state index is 0.120.